The molecule has 0 aliphatic carbocycles. The Hall–Kier alpha value is -1.19. The molecule has 74 valence electrons. The van der Waals surface area contributed by atoms with Crippen molar-refractivity contribution in [2.24, 2.45) is 0 Å². The number of carboxylic acid groups (broad SMARTS) is 2. The Labute approximate surface area is 72.0 Å². The largest absolute Gasteiger partial charge is 0.479 e. The molecular formula is C4H4O8S. The van der Waals surface area contributed by atoms with Crippen LogP contribution in [0, 0.1) is 0 Å². The van der Waals surface area contributed by atoms with Crippen molar-refractivity contribution in [1.29, 1.82) is 0 Å². The first kappa shape index (κ1) is 9.89. The molecule has 0 aromatic heterocycles. The molecule has 2 atom stereocenters. The van der Waals surface area contributed by atoms with Gasteiger partial charge in [0.05, 0.1) is 0 Å². The average molecular weight is 212 g/mol. The summed E-state index contributed by atoms with van der Waals surface area (Å²) in [5.41, 5.74) is 0. The van der Waals surface area contributed by atoms with Crippen LogP contribution in [-0.2, 0) is 28.4 Å². The van der Waals surface area contributed by atoms with Gasteiger partial charge in [0.25, 0.3) is 0 Å². The molecule has 0 bridgehead atoms. The molecule has 1 rings (SSSR count). The maximum atomic E-state index is 10.5. The molecule has 13 heavy (non-hydrogen) atoms. The summed E-state index contributed by atoms with van der Waals surface area (Å²) in [5.74, 6) is -3.43. The van der Waals surface area contributed by atoms with Gasteiger partial charge < -0.3 is 10.2 Å². The molecule has 1 aliphatic heterocycles. The van der Waals surface area contributed by atoms with Crippen molar-refractivity contribution in [2.75, 3.05) is 0 Å². The maximum Gasteiger partial charge on any atom is 0.401 e. The lowest BCUT2D eigenvalue weighted by molar-refractivity contribution is -0.156. The molecule has 2 N–H and O–H groups in total. The fraction of sp³-hybridized carbons (Fsp3) is 0.500. The third kappa shape index (κ3) is 1.94. The first-order chi connectivity index (χ1) is 5.83. The Morgan fingerprint density at radius 1 is 1.00 bits per heavy atom. The highest BCUT2D eigenvalue weighted by molar-refractivity contribution is 7.82. The van der Waals surface area contributed by atoms with E-state index in [1.165, 1.54) is 0 Å². The van der Waals surface area contributed by atoms with Gasteiger partial charge in [-0.2, -0.15) is 8.42 Å². The van der Waals surface area contributed by atoms with E-state index >= 15 is 0 Å². The highest BCUT2D eigenvalue weighted by Gasteiger charge is 2.49. The highest BCUT2D eigenvalue weighted by Crippen LogP contribution is 2.20. The number of aliphatic carboxylic acids is 2. The second-order valence-electron chi connectivity index (χ2n) is 2.12. The van der Waals surface area contributed by atoms with Gasteiger partial charge in [-0.3, -0.25) is 0 Å². The van der Waals surface area contributed by atoms with Gasteiger partial charge in [-0.25, -0.2) is 18.0 Å². The Bertz CT molecular complexity index is 313. The molecule has 0 radical (unpaired) electrons. The molecule has 0 saturated carbocycles. The van der Waals surface area contributed by atoms with Crippen molar-refractivity contribution in [3.8, 4) is 0 Å². The van der Waals surface area contributed by atoms with E-state index < -0.39 is 34.5 Å². The fourth-order valence-corrected chi connectivity index (χ4v) is 1.64. The first-order valence-electron chi connectivity index (χ1n) is 2.90. The first-order valence-corrected chi connectivity index (χ1v) is 4.24. The van der Waals surface area contributed by atoms with Crippen LogP contribution in [0.5, 0.6) is 0 Å². The zero-order valence-corrected chi connectivity index (χ0v) is 6.72. The number of carbonyl (C=O) groups is 2. The summed E-state index contributed by atoms with van der Waals surface area (Å²) in [4.78, 5) is 20.5. The molecule has 1 aliphatic rings. The summed E-state index contributed by atoms with van der Waals surface area (Å²) >= 11 is 0. The second-order valence-corrected chi connectivity index (χ2v) is 3.32. The van der Waals surface area contributed by atoms with Crippen LogP contribution < -0.4 is 0 Å². The van der Waals surface area contributed by atoms with Crippen LogP contribution in [0.4, 0.5) is 0 Å². The topological polar surface area (TPSA) is 127 Å². The van der Waals surface area contributed by atoms with Crippen LogP contribution in [0.3, 0.4) is 0 Å². The maximum absolute atomic E-state index is 10.5. The zero-order chi connectivity index (χ0) is 10.2. The molecule has 9 heteroatoms. The quantitative estimate of drug-likeness (QED) is 0.547. The third-order valence-electron chi connectivity index (χ3n) is 1.20. The van der Waals surface area contributed by atoms with E-state index in [1.807, 2.05) is 0 Å². The summed E-state index contributed by atoms with van der Waals surface area (Å²) < 4.78 is 28.7. The van der Waals surface area contributed by atoms with Crippen LogP contribution in [0.1, 0.15) is 0 Å². The minimum absolute atomic E-state index is 1.71. The normalized spacial score (nSPS) is 31.4. The third-order valence-corrected chi connectivity index (χ3v) is 2.09. The Balaban J connectivity index is 2.97. The van der Waals surface area contributed by atoms with Crippen molar-refractivity contribution in [1.82, 2.24) is 0 Å². The van der Waals surface area contributed by atoms with Crippen LogP contribution in [0.2, 0.25) is 0 Å². The Morgan fingerprint density at radius 2 is 1.31 bits per heavy atom. The SMILES string of the molecule is O=C(O)[C@@H]1OS(=O)(=O)O[C@H]1C(=O)O. The van der Waals surface area contributed by atoms with Gasteiger partial charge in [0.2, 0.25) is 12.2 Å². The predicted molar refractivity (Wildman–Crippen MR) is 33.9 cm³/mol. The molecule has 0 unspecified atom stereocenters. The second kappa shape index (κ2) is 2.94. The molecule has 1 fully saturated rings. The summed E-state index contributed by atoms with van der Waals surface area (Å²) in [7, 11) is -4.50. The zero-order valence-electron chi connectivity index (χ0n) is 5.91. The molecule has 1 saturated heterocycles. The van der Waals surface area contributed by atoms with E-state index in [2.05, 4.69) is 8.37 Å². The molecule has 0 spiro atoms. The van der Waals surface area contributed by atoms with E-state index in [9.17, 15) is 18.0 Å². The van der Waals surface area contributed by atoms with Gasteiger partial charge in [0.1, 0.15) is 0 Å². The standard InChI is InChI=1S/C4H4O8S/c5-3(6)1-2(4(7)8)12-13(9,10)11-1/h1-2H,(H,5,6)(H,7,8)/t1-,2-/m1/s1. The lowest BCUT2D eigenvalue weighted by Crippen LogP contribution is -2.36. The van der Waals surface area contributed by atoms with Crippen LogP contribution >= 0.6 is 0 Å². The molecule has 1 heterocycles. The minimum Gasteiger partial charge on any atom is -0.479 e. The molecule has 8 nitrogen and oxygen atoms in total. The van der Waals surface area contributed by atoms with Gasteiger partial charge in [-0.1, -0.05) is 0 Å². The smallest absolute Gasteiger partial charge is 0.401 e. The van der Waals surface area contributed by atoms with Crippen molar-refractivity contribution >= 4 is 22.3 Å². The van der Waals surface area contributed by atoms with E-state index in [4.69, 9.17) is 10.2 Å². The summed E-state index contributed by atoms with van der Waals surface area (Å²) in [6.07, 6.45) is -4.05. The Kier molecular flexibility index (Phi) is 2.24. The average Bonchev–Trinajstić information content (AvgIpc) is 2.26. The molecule has 0 amide bonds. The minimum atomic E-state index is -4.50. The monoisotopic (exact) mass is 212 g/mol. The molecular weight excluding hydrogens is 208 g/mol. The van der Waals surface area contributed by atoms with Crippen LogP contribution in [-0.4, -0.2) is 42.8 Å². The number of hydrogen-bond acceptors (Lipinski definition) is 6. The lowest BCUT2D eigenvalue weighted by atomic mass is 10.2. The van der Waals surface area contributed by atoms with Crippen LogP contribution in [0.25, 0.3) is 0 Å². The van der Waals surface area contributed by atoms with Crippen LogP contribution in [0.15, 0.2) is 0 Å². The van der Waals surface area contributed by atoms with E-state index in [-0.39, 0.29) is 0 Å². The van der Waals surface area contributed by atoms with Gasteiger partial charge in [-0.05, 0) is 0 Å². The summed E-state index contributed by atoms with van der Waals surface area (Å²) in [5, 5.41) is 16.7. The van der Waals surface area contributed by atoms with Gasteiger partial charge in [0.15, 0.2) is 0 Å². The van der Waals surface area contributed by atoms with Crippen molar-refractivity contribution in [3.63, 3.8) is 0 Å². The van der Waals surface area contributed by atoms with Gasteiger partial charge in [0, 0.05) is 0 Å². The van der Waals surface area contributed by atoms with Crippen molar-refractivity contribution in [2.45, 2.75) is 12.2 Å². The lowest BCUT2D eigenvalue weighted by Gasteiger charge is -2.03. The van der Waals surface area contributed by atoms with E-state index in [1.54, 1.807) is 0 Å². The highest BCUT2D eigenvalue weighted by atomic mass is 32.3. The number of carboxylic acids is 2. The van der Waals surface area contributed by atoms with Gasteiger partial charge >= 0.3 is 22.3 Å². The molecule has 0 aromatic rings. The van der Waals surface area contributed by atoms with Gasteiger partial charge in [-0.15, -0.1) is 0 Å². The fourth-order valence-electron chi connectivity index (χ4n) is 0.719. The van der Waals surface area contributed by atoms with E-state index in [0.29, 0.717) is 0 Å². The molecule has 0 aromatic carbocycles. The summed E-state index contributed by atoms with van der Waals surface area (Å²) in [6, 6.07) is 0. The van der Waals surface area contributed by atoms with Crippen molar-refractivity contribution < 1.29 is 36.6 Å². The van der Waals surface area contributed by atoms with Crippen molar-refractivity contribution in [3.05, 3.63) is 0 Å². The predicted octanol–water partition coefficient (Wildman–Crippen LogP) is -1.82. The van der Waals surface area contributed by atoms with E-state index in [0.717, 1.165) is 0 Å². The summed E-state index contributed by atoms with van der Waals surface area (Å²) in [6.45, 7) is 0. The number of rotatable bonds is 2. The Morgan fingerprint density at radius 3 is 1.54 bits per heavy atom. The number of hydrogen-bond donors (Lipinski definition) is 2.